The van der Waals surface area contributed by atoms with Crippen LogP contribution >= 0.6 is 0 Å². The van der Waals surface area contributed by atoms with Gasteiger partial charge in [0, 0.05) is 0 Å². The van der Waals surface area contributed by atoms with Gasteiger partial charge in [0.15, 0.2) is 17.3 Å². The number of sulfonamides is 1. The fourth-order valence-electron chi connectivity index (χ4n) is 3.17. The topological polar surface area (TPSA) is 111 Å². The van der Waals surface area contributed by atoms with Crippen molar-refractivity contribution >= 4 is 21.6 Å². The number of hydrogen-bond acceptors (Lipinski definition) is 6. The Morgan fingerprint density at radius 3 is 2.19 bits per heavy atom. The van der Waals surface area contributed by atoms with E-state index in [2.05, 4.69) is 10.3 Å². The highest BCUT2D eigenvalue weighted by atomic mass is 32.2. The van der Waals surface area contributed by atoms with E-state index in [1.807, 2.05) is 0 Å². The molecule has 0 unspecified atom stereocenters. The summed E-state index contributed by atoms with van der Waals surface area (Å²) in [5.41, 5.74) is -1.76. The summed E-state index contributed by atoms with van der Waals surface area (Å²) in [5, 5.41) is 2.43. The number of oxazole rings is 1. The van der Waals surface area contributed by atoms with Crippen molar-refractivity contribution in [3.8, 4) is 11.8 Å². The summed E-state index contributed by atoms with van der Waals surface area (Å²) in [6, 6.07) is 3.89. The summed E-state index contributed by atoms with van der Waals surface area (Å²) in [6.45, 7) is 4.83. The normalized spacial score (nSPS) is 12.9. The van der Waals surface area contributed by atoms with Crippen LogP contribution in [0.15, 0.2) is 41.0 Å². The van der Waals surface area contributed by atoms with Gasteiger partial charge in [0.25, 0.3) is 5.91 Å². The summed E-state index contributed by atoms with van der Waals surface area (Å²) < 4.78 is 103. The van der Waals surface area contributed by atoms with Crippen molar-refractivity contribution in [3.63, 3.8) is 0 Å². The lowest BCUT2D eigenvalue weighted by Gasteiger charge is -2.15. The molecule has 0 saturated carbocycles. The second kappa shape index (κ2) is 10.4. The van der Waals surface area contributed by atoms with Gasteiger partial charge in [0.1, 0.15) is 17.7 Å². The number of halogens is 5. The molecule has 0 saturated heterocycles. The molecule has 1 heterocycles. The van der Waals surface area contributed by atoms with Crippen molar-refractivity contribution in [3.05, 3.63) is 70.6 Å². The van der Waals surface area contributed by atoms with Gasteiger partial charge in [-0.2, -0.15) is 18.2 Å². The van der Waals surface area contributed by atoms with Crippen LogP contribution in [-0.2, 0) is 16.2 Å². The van der Waals surface area contributed by atoms with Crippen molar-refractivity contribution in [2.45, 2.75) is 38.9 Å². The highest BCUT2D eigenvalue weighted by Crippen LogP contribution is 2.35. The maximum Gasteiger partial charge on any atom is 0.416 e. The van der Waals surface area contributed by atoms with Crippen molar-refractivity contribution < 1.29 is 44.3 Å². The van der Waals surface area contributed by atoms with E-state index in [9.17, 15) is 35.2 Å². The number of amides is 1. The number of nitrogens with zero attached hydrogens (tertiary/aromatic N) is 1. The molecule has 200 valence electrons. The van der Waals surface area contributed by atoms with Gasteiger partial charge in [-0.3, -0.25) is 9.52 Å². The number of aromatic nitrogens is 1. The average Bonchev–Trinajstić information content (AvgIpc) is 3.23. The Morgan fingerprint density at radius 2 is 1.65 bits per heavy atom. The van der Waals surface area contributed by atoms with Gasteiger partial charge >= 0.3 is 12.3 Å². The van der Waals surface area contributed by atoms with E-state index >= 15 is 0 Å². The van der Waals surface area contributed by atoms with Gasteiger partial charge in [-0.05, 0) is 54.3 Å². The Morgan fingerprint density at radius 1 is 1.03 bits per heavy atom. The van der Waals surface area contributed by atoms with E-state index in [-0.39, 0.29) is 22.9 Å². The second-order valence-electron chi connectivity index (χ2n) is 8.47. The zero-order chi connectivity index (χ0) is 27.7. The molecule has 1 amide bonds. The fraction of sp³-hybridized carbons (Fsp3) is 0.304. The first-order valence-electron chi connectivity index (χ1n) is 10.7. The third-order valence-electron chi connectivity index (χ3n) is 5.04. The zero-order valence-electron chi connectivity index (χ0n) is 19.9. The molecule has 0 aliphatic heterocycles. The van der Waals surface area contributed by atoms with Crippen LogP contribution in [0.5, 0.6) is 11.8 Å². The molecule has 1 atom stereocenters. The Balaban J connectivity index is 1.75. The minimum absolute atomic E-state index is 0.0208. The number of carbonyl (C=O) groups excluding carboxylic acids is 1. The van der Waals surface area contributed by atoms with Crippen LogP contribution in [-0.4, -0.2) is 25.6 Å². The molecule has 0 fully saturated rings. The first kappa shape index (κ1) is 27.9. The van der Waals surface area contributed by atoms with Crippen molar-refractivity contribution in [1.82, 2.24) is 10.3 Å². The van der Waals surface area contributed by atoms with Crippen LogP contribution in [0.2, 0.25) is 0 Å². The molecule has 2 N–H and O–H groups in total. The van der Waals surface area contributed by atoms with Crippen molar-refractivity contribution in [2.75, 3.05) is 11.0 Å². The largest absolute Gasteiger partial charge is 0.416 e. The quantitative estimate of drug-likeness (QED) is 0.348. The number of ether oxygens (including phenoxy) is 1. The molecule has 3 aromatic rings. The minimum atomic E-state index is -4.61. The van der Waals surface area contributed by atoms with Crippen LogP contribution in [0.3, 0.4) is 0 Å². The van der Waals surface area contributed by atoms with Gasteiger partial charge in [0.05, 0.1) is 17.9 Å². The molecule has 0 bridgehead atoms. The predicted octanol–water partition coefficient (Wildman–Crippen LogP) is 5.75. The number of alkyl halides is 3. The Kier molecular flexibility index (Phi) is 7.81. The highest BCUT2D eigenvalue weighted by molar-refractivity contribution is 7.92. The molecule has 0 aliphatic rings. The van der Waals surface area contributed by atoms with Crippen molar-refractivity contribution in [1.29, 1.82) is 0 Å². The molecular weight excluding hydrogens is 525 g/mol. The molecule has 8 nitrogen and oxygen atoms in total. The van der Waals surface area contributed by atoms with Gasteiger partial charge in [-0.1, -0.05) is 13.8 Å². The lowest BCUT2D eigenvalue weighted by molar-refractivity contribution is -0.137. The van der Waals surface area contributed by atoms with E-state index in [1.54, 1.807) is 18.6 Å². The Labute approximate surface area is 208 Å². The van der Waals surface area contributed by atoms with E-state index in [0.29, 0.717) is 5.56 Å². The SMILES string of the molecule is CC(C)c1cc(Oc2nc(C(=O)N[C@H](C)c3cc(F)c(NS(C)(=O)=O)c(F)c3)co2)cc(C(F)(F)F)c1. The maximum absolute atomic E-state index is 14.3. The molecule has 0 aliphatic carbocycles. The molecule has 0 radical (unpaired) electrons. The monoisotopic (exact) mass is 547 g/mol. The summed E-state index contributed by atoms with van der Waals surface area (Å²) in [6.07, 6.45) is -3.48. The van der Waals surface area contributed by atoms with Gasteiger partial charge < -0.3 is 14.5 Å². The van der Waals surface area contributed by atoms with Gasteiger partial charge in [-0.15, -0.1) is 0 Å². The summed E-state index contributed by atoms with van der Waals surface area (Å²) in [4.78, 5) is 16.3. The number of rotatable bonds is 8. The summed E-state index contributed by atoms with van der Waals surface area (Å²) in [7, 11) is -3.93. The second-order valence-corrected chi connectivity index (χ2v) is 10.2. The smallest absolute Gasteiger partial charge is 0.416 e. The Hall–Kier alpha value is -3.68. The first-order chi connectivity index (χ1) is 17.0. The van der Waals surface area contributed by atoms with E-state index < -0.39 is 57.1 Å². The standard InChI is InChI=1S/C23H22F5N3O5S/c1-11(2)13-5-15(23(26,27)28)9-16(6-13)36-22-30-19(10-35-22)21(32)29-12(3)14-7-17(24)20(18(25)8-14)31-37(4,33)34/h5-12,31H,1-4H3,(H,29,32)/t12-/m1/s1. The zero-order valence-corrected chi connectivity index (χ0v) is 20.7. The maximum atomic E-state index is 14.3. The van der Waals surface area contributed by atoms with Gasteiger partial charge in [-0.25, -0.2) is 17.2 Å². The molecule has 2 aromatic carbocycles. The number of anilines is 1. The lowest BCUT2D eigenvalue weighted by Crippen LogP contribution is -2.27. The average molecular weight is 548 g/mol. The summed E-state index contributed by atoms with van der Waals surface area (Å²) >= 11 is 0. The van der Waals surface area contributed by atoms with Crippen LogP contribution in [0.4, 0.5) is 27.6 Å². The van der Waals surface area contributed by atoms with Crippen LogP contribution < -0.4 is 14.8 Å². The van der Waals surface area contributed by atoms with Crippen LogP contribution in [0, 0.1) is 11.6 Å². The van der Waals surface area contributed by atoms with E-state index in [4.69, 9.17) is 9.15 Å². The van der Waals surface area contributed by atoms with Crippen LogP contribution in [0.1, 0.15) is 59.9 Å². The third-order valence-corrected chi connectivity index (χ3v) is 5.62. The van der Waals surface area contributed by atoms with E-state index in [0.717, 1.165) is 36.8 Å². The van der Waals surface area contributed by atoms with E-state index in [1.165, 1.54) is 13.0 Å². The molecule has 1 aromatic heterocycles. The van der Waals surface area contributed by atoms with Crippen LogP contribution in [0.25, 0.3) is 0 Å². The van der Waals surface area contributed by atoms with Gasteiger partial charge in [0.2, 0.25) is 10.0 Å². The molecule has 3 rings (SSSR count). The Bertz CT molecular complexity index is 1400. The number of benzene rings is 2. The summed E-state index contributed by atoms with van der Waals surface area (Å²) in [5.74, 6) is -3.66. The number of nitrogens with one attached hydrogen (secondary N) is 2. The minimum Gasteiger partial charge on any atom is -0.416 e. The molecule has 37 heavy (non-hydrogen) atoms. The lowest BCUT2D eigenvalue weighted by atomic mass is 10.00. The third kappa shape index (κ3) is 7.18. The number of carbonyl (C=O) groups is 1. The fourth-order valence-corrected chi connectivity index (χ4v) is 3.73. The predicted molar refractivity (Wildman–Crippen MR) is 123 cm³/mol. The first-order valence-corrected chi connectivity index (χ1v) is 12.6. The molecule has 0 spiro atoms. The highest BCUT2D eigenvalue weighted by Gasteiger charge is 2.32. The number of hydrogen-bond donors (Lipinski definition) is 2. The molecular formula is C23H22F5N3O5S. The molecule has 14 heteroatoms. The van der Waals surface area contributed by atoms with Crippen molar-refractivity contribution in [2.24, 2.45) is 0 Å².